The van der Waals surface area contributed by atoms with Crippen LogP contribution in [0.5, 0.6) is 0 Å². The number of hydrogen-bond acceptors (Lipinski definition) is 4. The SMILES string of the molecule is CNC(C(=O)NC(CCCNC(N)=O)C(C)=O)C(C)C. The molecule has 116 valence electrons. The molecule has 2 unspecified atom stereocenters. The molecule has 0 rings (SSSR count). The van der Waals surface area contributed by atoms with Gasteiger partial charge in [0.1, 0.15) is 0 Å². The van der Waals surface area contributed by atoms with Crippen molar-refractivity contribution < 1.29 is 14.4 Å². The molecule has 0 fully saturated rings. The lowest BCUT2D eigenvalue weighted by Crippen LogP contribution is -2.51. The first-order valence-electron chi connectivity index (χ1n) is 6.81. The van der Waals surface area contributed by atoms with E-state index in [0.717, 1.165) is 0 Å². The summed E-state index contributed by atoms with van der Waals surface area (Å²) in [6, 6.07) is -1.46. The maximum absolute atomic E-state index is 12.1. The third-order valence-corrected chi connectivity index (χ3v) is 3.04. The summed E-state index contributed by atoms with van der Waals surface area (Å²) in [5, 5.41) is 8.12. The zero-order valence-corrected chi connectivity index (χ0v) is 12.7. The molecule has 0 radical (unpaired) electrons. The Hall–Kier alpha value is -1.63. The van der Waals surface area contributed by atoms with Crippen LogP contribution in [0.2, 0.25) is 0 Å². The van der Waals surface area contributed by atoms with Crippen molar-refractivity contribution in [3.05, 3.63) is 0 Å². The standard InChI is InChI=1S/C13H26N4O3/c1-8(2)11(15-4)12(19)17-10(9(3)18)6-5-7-16-13(14)20/h8,10-11,15H,5-7H2,1-4H3,(H,17,19)(H3,14,16,20). The fraction of sp³-hybridized carbons (Fsp3) is 0.769. The number of likely N-dealkylation sites (N-methyl/N-ethyl adjacent to an activating group) is 1. The van der Waals surface area contributed by atoms with E-state index in [4.69, 9.17) is 5.73 Å². The number of primary amides is 1. The van der Waals surface area contributed by atoms with E-state index in [0.29, 0.717) is 19.4 Å². The van der Waals surface area contributed by atoms with E-state index in [1.165, 1.54) is 6.92 Å². The highest BCUT2D eigenvalue weighted by Gasteiger charge is 2.24. The van der Waals surface area contributed by atoms with Crippen molar-refractivity contribution in [2.75, 3.05) is 13.6 Å². The molecule has 0 saturated heterocycles. The van der Waals surface area contributed by atoms with Crippen LogP contribution in [-0.2, 0) is 9.59 Å². The van der Waals surface area contributed by atoms with E-state index in [-0.39, 0.29) is 23.7 Å². The highest BCUT2D eigenvalue weighted by molar-refractivity contribution is 5.89. The van der Waals surface area contributed by atoms with Crippen molar-refractivity contribution >= 4 is 17.7 Å². The van der Waals surface area contributed by atoms with E-state index < -0.39 is 12.1 Å². The Morgan fingerprint density at radius 2 is 1.80 bits per heavy atom. The molecule has 0 saturated carbocycles. The van der Waals surface area contributed by atoms with Crippen LogP contribution in [0.3, 0.4) is 0 Å². The highest BCUT2D eigenvalue weighted by Crippen LogP contribution is 2.04. The van der Waals surface area contributed by atoms with Gasteiger partial charge in [0.2, 0.25) is 5.91 Å². The number of urea groups is 1. The third kappa shape index (κ3) is 7.08. The van der Waals surface area contributed by atoms with Gasteiger partial charge in [-0.05, 0) is 32.7 Å². The summed E-state index contributed by atoms with van der Waals surface area (Å²) in [7, 11) is 1.71. The predicted octanol–water partition coefficient (Wildman–Crippen LogP) is -0.247. The van der Waals surface area contributed by atoms with Gasteiger partial charge in [0.05, 0.1) is 12.1 Å². The molecule has 5 N–H and O–H groups in total. The van der Waals surface area contributed by atoms with Crippen molar-refractivity contribution in [1.29, 1.82) is 0 Å². The normalized spacial score (nSPS) is 13.7. The van der Waals surface area contributed by atoms with E-state index in [2.05, 4.69) is 16.0 Å². The summed E-state index contributed by atoms with van der Waals surface area (Å²) in [5.74, 6) is -0.161. The Labute approximate surface area is 120 Å². The zero-order valence-electron chi connectivity index (χ0n) is 12.7. The topological polar surface area (TPSA) is 113 Å². The second-order valence-corrected chi connectivity index (χ2v) is 5.12. The second kappa shape index (κ2) is 9.30. The molecule has 0 heterocycles. The summed E-state index contributed by atoms with van der Waals surface area (Å²) in [5.41, 5.74) is 4.95. The fourth-order valence-corrected chi connectivity index (χ4v) is 1.92. The van der Waals surface area contributed by atoms with Crippen LogP contribution in [-0.4, -0.2) is 43.4 Å². The molecule has 7 nitrogen and oxygen atoms in total. The molecule has 0 aromatic rings. The minimum atomic E-state index is -0.594. The molecule has 2 atom stereocenters. The number of hydrogen-bond donors (Lipinski definition) is 4. The van der Waals surface area contributed by atoms with Crippen molar-refractivity contribution in [3.8, 4) is 0 Å². The minimum absolute atomic E-state index is 0.101. The van der Waals surface area contributed by atoms with Crippen LogP contribution in [0.15, 0.2) is 0 Å². The van der Waals surface area contributed by atoms with Gasteiger partial charge in [-0.2, -0.15) is 0 Å². The van der Waals surface area contributed by atoms with Crippen molar-refractivity contribution in [3.63, 3.8) is 0 Å². The molecular formula is C13H26N4O3. The first kappa shape index (κ1) is 18.4. The van der Waals surface area contributed by atoms with Crippen LogP contribution in [0.25, 0.3) is 0 Å². The maximum atomic E-state index is 12.1. The molecule has 0 aliphatic carbocycles. The number of ketones is 1. The van der Waals surface area contributed by atoms with Crippen molar-refractivity contribution in [2.45, 2.75) is 45.7 Å². The van der Waals surface area contributed by atoms with Gasteiger partial charge in [-0.1, -0.05) is 13.8 Å². The van der Waals surface area contributed by atoms with Gasteiger partial charge in [-0.15, -0.1) is 0 Å². The van der Waals surface area contributed by atoms with Crippen molar-refractivity contribution in [1.82, 2.24) is 16.0 Å². The van der Waals surface area contributed by atoms with Crippen LogP contribution in [0, 0.1) is 5.92 Å². The largest absolute Gasteiger partial charge is 0.352 e. The molecule has 0 aliphatic rings. The number of nitrogens with two attached hydrogens (primary N) is 1. The quantitative estimate of drug-likeness (QED) is 0.438. The summed E-state index contributed by atoms with van der Waals surface area (Å²) < 4.78 is 0. The smallest absolute Gasteiger partial charge is 0.312 e. The number of Topliss-reactive ketones (excluding diaryl/α,β-unsaturated/α-hetero) is 1. The van der Waals surface area contributed by atoms with E-state index >= 15 is 0 Å². The average Bonchev–Trinajstić information content (AvgIpc) is 2.32. The van der Waals surface area contributed by atoms with Crippen molar-refractivity contribution in [2.24, 2.45) is 11.7 Å². The van der Waals surface area contributed by atoms with Gasteiger partial charge in [0, 0.05) is 6.54 Å². The Kier molecular flexibility index (Phi) is 8.54. The molecule has 0 aliphatic heterocycles. The molecule has 0 aromatic carbocycles. The Bertz CT molecular complexity index is 345. The Morgan fingerprint density at radius 1 is 1.20 bits per heavy atom. The first-order valence-corrected chi connectivity index (χ1v) is 6.81. The lowest BCUT2D eigenvalue weighted by atomic mass is 10.0. The van der Waals surface area contributed by atoms with E-state index in [1.807, 2.05) is 13.8 Å². The lowest BCUT2D eigenvalue weighted by Gasteiger charge is -2.23. The molecule has 7 heteroatoms. The van der Waals surface area contributed by atoms with E-state index in [9.17, 15) is 14.4 Å². The van der Waals surface area contributed by atoms with Crippen LogP contribution in [0.4, 0.5) is 4.79 Å². The predicted molar refractivity (Wildman–Crippen MR) is 77.1 cm³/mol. The van der Waals surface area contributed by atoms with Gasteiger partial charge in [-0.3, -0.25) is 9.59 Å². The van der Waals surface area contributed by atoms with Gasteiger partial charge in [-0.25, -0.2) is 4.79 Å². The van der Waals surface area contributed by atoms with Gasteiger partial charge in [0.25, 0.3) is 0 Å². The highest BCUT2D eigenvalue weighted by atomic mass is 16.2. The first-order chi connectivity index (χ1) is 9.29. The monoisotopic (exact) mass is 286 g/mol. The molecule has 0 bridgehead atoms. The fourth-order valence-electron chi connectivity index (χ4n) is 1.92. The summed E-state index contributed by atoms with van der Waals surface area (Å²) in [6.07, 6.45) is 1.04. The van der Waals surface area contributed by atoms with Crippen LogP contribution < -0.4 is 21.7 Å². The lowest BCUT2D eigenvalue weighted by molar-refractivity contribution is -0.129. The van der Waals surface area contributed by atoms with Gasteiger partial charge >= 0.3 is 6.03 Å². The number of nitrogens with one attached hydrogen (secondary N) is 3. The Morgan fingerprint density at radius 3 is 2.20 bits per heavy atom. The minimum Gasteiger partial charge on any atom is -0.352 e. The number of amides is 3. The van der Waals surface area contributed by atoms with E-state index in [1.54, 1.807) is 7.05 Å². The molecule has 3 amide bonds. The van der Waals surface area contributed by atoms with Crippen LogP contribution in [0.1, 0.15) is 33.6 Å². The molecular weight excluding hydrogens is 260 g/mol. The number of rotatable bonds is 9. The second-order valence-electron chi connectivity index (χ2n) is 5.12. The average molecular weight is 286 g/mol. The zero-order chi connectivity index (χ0) is 15.7. The summed E-state index contributed by atoms with van der Waals surface area (Å²) >= 11 is 0. The van der Waals surface area contributed by atoms with Crippen LogP contribution >= 0.6 is 0 Å². The number of carbonyl (C=O) groups is 3. The Balaban J connectivity index is 4.36. The third-order valence-electron chi connectivity index (χ3n) is 3.04. The summed E-state index contributed by atoms with van der Waals surface area (Å²) in [6.45, 7) is 5.69. The molecule has 0 aromatic heterocycles. The number of carbonyl (C=O) groups excluding carboxylic acids is 3. The molecule has 20 heavy (non-hydrogen) atoms. The van der Waals surface area contributed by atoms with Gasteiger partial charge in [0.15, 0.2) is 5.78 Å². The van der Waals surface area contributed by atoms with Gasteiger partial charge < -0.3 is 21.7 Å². The maximum Gasteiger partial charge on any atom is 0.312 e. The summed E-state index contributed by atoms with van der Waals surface area (Å²) in [4.78, 5) is 34.1. The molecule has 0 spiro atoms.